The van der Waals surface area contributed by atoms with Gasteiger partial charge in [0.05, 0.1) is 16.8 Å². The van der Waals surface area contributed by atoms with Crippen molar-refractivity contribution in [3.63, 3.8) is 0 Å². The number of benzene rings is 2. The maximum Gasteiger partial charge on any atom is 0.186 e. The predicted octanol–water partition coefficient (Wildman–Crippen LogP) is 4.40. The highest BCUT2D eigenvalue weighted by Crippen LogP contribution is 2.38. The van der Waals surface area contributed by atoms with Crippen LogP contribution in [-0.4, -0.2) is 29.8 Å². The van der Waals surface area contributed by atoms with E-state index < -0.39 is 17.0 Å². The molecule has 3 aromatic rings. The Labute approximate surface area is 154 Å². The van der Waals surface area contributed by atoms with Gasteiger partial charge in [-0.25, -0.2) is 13.8 Å². The van der Waals surface area contributed by atoms with Crippen LogP contribution in [0.5, 0.6) is 0 Å². The van der Waals surface area contributed by atoms with Crippen LogP contribution in [0.4, 0.5) is 13.9 Å². The van der Waals surface area contributed by atoms with Gasteiger partial charge in [-0.15, -0.1) is 0 Å². The molecular formula is C20H20F2N2OS. The molecular weight excluding hydrogens is 354 g/mol. The van der Waals surface area contributed by atoms with Crippen LogP contribution < -0.4 is 4.90 Å². The molecule has 2 heterocycles. The van der Waals surface area contributed by atoms with E-state index >= 15 is 0 Å². The van der Waals surface area contributed by atoms with Crippen LogP contribution >= 0.6 is 11.3 Å². The molecule has 6 heteroatoms. The van der Waals surface area contributed by atoms with Crippen molar-refractivity contribution in [3.8, 4) is 0 Å². The highest BCUT2D eigenvalue weighted by atomic mass is 32.1. The Morgan fingerprint density at radius 1 is 1.19 bits per heavy atom. The van der Waals surface area contributed by atoms with Gasteiger partial charge < -0.3 is 10.0 Å². The van der Waals surface area contributed by atoms with Crippen LogP contribution in [0.25, 0.3) is 10.2 Å². The van der Waals surface area contributed by atoms with E-state index in [1.165, 1.54) is 12.1 Å². The third-order valence-corrected chi connectivity index (χ3v) is 6.23. The van der Waals surface area contributed by atoms with E-state index in [1.807, 2.05) is 24.3 Å². The number of anilines is 1. The number of fused-ring (bicyclic) bond motifs is 1. The lowest BCUT2D eigenvalue weighted by Crippen LogP contribution is -2.47. The maximum absolute atomic E-state index is 14.1. The molecule has 0 radical (unpaired) electrons. The first kappa shape index (κ1) is 17.4. The van der Waals surface area contributed by atoms with Crippen molar-refractivity contribution in [2.75, 3.05) is 24.6 Å². The van der Waals surface area contributed by atoms with Gasteiger partial charge in [0.1, 0.15) is 11.6 Å². The molecule has 0 unspecified atom stereocenters. The number of para-hydroxylation sites is 1. The summed E-state index contributed by atoms with van der Waals surface area (Å²) in [4.78, 5) is 6.90. The fraction of sp³-hybridized carbons (Fsp3) is 0.350. The van der Waals surface area contributed by atoms with Crippen molar-refractivity contribution in [1.82, 2.24) is 4.98 Å². The molecule has 3 nitrogen and oxygen atoms in total. The second-order valence-electron chi connectivity index (χ2n) is 7.06. The number of aliphatic hydroxyl groups is 1. The molecule has 1 aliphatic heterocycles. The summed E-state index contributed by atoms with van der Waals surface area (Å²) < 4.78 is 28.4. The van der Waals surface area contributed by atoms with Crippen molar-refractivity contribution < 1.29 is 13.9 Å². The van der Waals surface area contributed by atoms with Crippen LogP contribution in [0.1, 0.15) is 18.4 Å². The number of halogens is 2. The summed E-state index contributed by atoms with van der Waals surface area (Å²) in [5, 5.41) is 11.0. The summed E-state index contributed by atoms with van der Waals surface area (Å²) in [6.45, 7) is 1.44. The Balaban J connectivity index is 1.60. The third-order valence-electron chi connectivity index (χ3n) is 5.13. The molecule has 1 aromatic heterocycles. The SMILES string of the molecule is OC[C@]1(Cc2ccc(F)cc2F)CCCN(c2nc3ccccc3s2)C1. The van der Waals surface area contributed by atoms with Crippen LogP contribution in [0.2, 0.25) is 0 Å². The van der Waals surface area contributed by atoms with Crippen LogP contribution in [0, 0.1) is 17.0 Å². The van der Waals surface area contributed by atoms with Gasteiger partial charge in [0, 0.05) is 24.6 Å². The monoisotopic (exact) mass is 374 g/mol. The standard InChI is InChI=1S/C20H20F2N2OS/c21-15-7-6-14(16(22)10-15)11-20(13-25)8-3-9-24(12-20)19-23-17-4-1-2-5-18(17)26-19/h1-2,4-7,10,25H,3,8-9,11-13H2/t20-/m0/s1. The molecule has 0 saturated carbocycles. The third kappa shape index (κ3) is 3.31. The second kappa shape index (κ2) is 6.93. The van der Waals surface area contributed by atoms with Gasteiger partial charge >= 0.3 is 0 Å². The number of thiazole rings is 1. The minimum Gasteiger partial charge on any atom is -0.396 e. The lowest BCUT2D eigenvalue weighted by atomic mass is 9.76. The molecule has 1 N–H and O–H groups in total. The molecule has 1 aliphatic rings. The van der Waals surface area contributed by atoms with Crippen molar-refractivity contribution in [1.29, 1.82) is 0 Å². The Bertz CT molecular complexity index is 896. The fourth-order valence-corrected chi connectivity index (χ4v) is 4.76. The van der Waals surface area contributed by atoms with E-state index in [2.05, 4.69) is 4.90 Å². The number of rotatable bonds is 4. The molecule has 4 rings (SSSR count). The average Bonchev–Trinajstić information content (AvgIpc) is 3.09. The van der Waals surface area contributed by atoms with E-state index in [4.69, 9.17) is 4.98 Å². The summed E-state index contributed by atoms with van der Waals surface area (Å²) in [6, 6.07) is 11.7. The number of hydrogen-bond acceptors (Lipinski definition) is 4. The Morgan fingerprint density at radius 3 is 2.81 bits per heavy atom. The number of nitrogens with zero attached hydrogens (tertiary/aromatic N) is 2. The normalized spacial score (nSPS) is 20.7. The first-order chi connectivity index (χ1) is 12.6. The number of hydrogen-bond donors (Lipinski definition) is 1. The molecule has 0 aliphatic carbocycles. The molecule has 0 bridgehead atoms. The van der Waals surface area contributed by atoms with E-state index in [0.29, 0.717) is 18.5 Å². The molecule has 1 saturated heterocycles. The Hall–Kier alpha value is -2.05. The van der Waals surface area contributed by atoms with Gasteiger partial charge in [-0.05, 0) is 43.0 Å². The van der Waals surface area contributed by atoms with Crippen molar-refractivity contribution in [2.45, 2.75) is 19.3 Å². The summed E-state index contributed by atoms with van der Waals surface area (Å²) in [7, 11) is 0. The minimum absolute atomic E-state index is 0.0365. The van der Waals surface area contributed by atoms with Crippen molar-refractivity contribution >= 4 is 26.7 Å². The average molecular weight is 374 g/mol. The van der Waals surface area contributed by atoms with Gasteiger partial charge in [-0.1, -0.05) is 29.5 Å². The van der Waals surface area contributed by atoms with E-state index in [1.54, 1.807) is 11.3 Å². The zero-order valence-electron chi connectivity index (χ0n) is 14.3. The minimum atomic E-state index is -0.580. The Morgan fingerprint density at radius 2 is 2.04 bits per heavy atom. The molecule has 136 valence electrons. The lowest BCUT2D eigenvalue weighted by molar-refractivity contribution is 0.104. The van der Waals surface area contributed by atoms with Gasteiger partial charge in [0.15, 0.2) is 5.13 Å². The van der Waals surface area contributed by atoms with Crippen LogP contribution in [-0.2, 0) is 6.42 Å². The van der Waals surface area contributed by atoms with Gasteiger partial charge in [-0.3, -0.25) is 0 Å². The summed E-state index contributed by atoms with van der Waals surface area (Å²) in [5.41, 5.74) is 0.971. The zero-order valence-corrected chi connectivity index (χ0v) is 15.1. The topological polar surface area (TPSA) is 36.4 Å². The second-order valence-corrected chi connectivity index (χ2v) is 8.07. The molecule has 1 atom stereocenters. The van der Waals surface area contributed by atoms with E-state index in [0.717, 1.165) is 40.8 Å². The molecule has 2 aromatic carbocycles. The molecule has 26 heavy (non-hydrogen) atoms. The number of aliphatic hydroxyl groups excluding tert-OH is 1. The first-order valence-corrected chi connectivity index (χ1v) is 9.56. The summed E-state index contributed by atoms with van der Waals surface area (Å²) in [6.07, 6.45) is 2.10. The lowest BCUT2D eigenvalue weighted by Gasteiger charge is -2.42. The van der Waals surface area contributed by atoms with Gasteiger partial charge in [0.2, 0.25) is 0 Å². The largest absolute Gasteiger partial charge is 0.396 e. The van der Waals surface area contributed by atoms with E-state index in [9.17, 15) is 13.9 Å². The zero-order chi connectivity index (χ0) is 18.1. The highest BCUT2D eigenvalue weighted by Gasteiger charge is 2.36. The first-order valence-electron chi connectivity index (χ1n) is 8.74. The maximum atomic E-state index is 14.1. The Kier molecular flexibility index (Phi) is 4.63. The van der Waals surface area contributed by atoms with Crippen LogP contribution in [0.15, 0.2) is 42.5 Å². The summed E-state index contributed by atoms with van der Waals surface area (Å²) >= 11 is 1.64. The van der Waals surface area contributed by atoms with Crippen molar-refractivity contribution in [3.05, 3.63) is 59.7 Å². The molecule has 0 spiro atoms. The van der Waals surface area contributed by atoms with Crippen LogP contribution in [0.3, 0.4) is 0 Å². The molecule has 0 amide bonds. The van der Waals surface area contributed by atoms with Gasteiger partial charge in [0.25, 0.3) is 0 Å². The number of aromatic nitrogens is 1. The fourth-order valence-electron chi connectivity index (χ4n) is 3.76. The quantitative estimate of drug-likeness (QED) is 0.736. The van der Waals surface area contributed by atoms with Gasteiger partial charge in [-0.2, -0.15) is 0 Å². The predicted molar refractivity (Wildman–Crippen MR) is 101 cm³/mol. The van der Waals surface area contributed by atoms with E-state index in [-0.39, 0.29) is 6.61 Å². The smallest absolute Gasteiger partial charge is 0.186 e. The summed E-state index contributed by atoms with van der Waals surface area (Å²) in [5.74, 6) is -1.13. The number of piperidine rings is 1. The molecule has 1 fully saturated rings. The highest BCUT2D eigenvalue weighted by molar-refractivity contribution is 7.22. The van der Waals surface area contributed by atoms with Crippen molar-refractivity contribution in [2.24, 2.45) is 5.41 Å².